The highest BCUT2D eigenvalue weighted by molar-refractivity contribution is 5.89. The Balaban J connectivity index is 1.24. The van der Waals surface area contributed by atoms with Gasteiger partial charge in [0, 0.05) is 55.7 Å². The summed E-state index contributed by atoms with van der Waals surface area (Å²) in [5.74, 6) is 0.807. The van der Waals surface area contributed by atoms with Crippen molar-refractivity contribution in [2.45, 2.75) is 63.6 Å². The van der Waals surface area contributed by atoms with Crippen molar-refractivity contribution >= 4 is 23.1 Å². The number of pyridine rings is 1. The molecule has 5 rings (SSSR count). The van der Waals surface area contributed by atoms with Gasteiger partial charge in [0.25, 0.3) is 0 Å². The number of nitrogens with zero attached hydrogens (tertiary/aromatic N) is 3. The van der Waals surface area contributed by atoms with Gasteiger partial charge < -0.3 is 20.9 Å². The molecule has 3 aromatic rings. The number of hydrogen-bond donors (Lipinski definition) is 3. The lowest BCUT2D eigenvalue weighted by molar-refractivity contribution is -0.114. The third-order valence-electron chi connectivity index (χ3n) is 7.61. The van der Waals surface area contributed by atoms with Crippen molar-refractivity contribution in [3.05, 3.63) is 72.4 Å². The van der Waals surface area contributed by atoms with E-state index in [0.717, 1.165) is 55.0 Å². The van der Waals surface area contributed by atoms with Crippen LogP contribution in [0.2, 0.25) is 0 Å². The van der Waals surface area contributed by atoms with Crippen LogP contribution in [0, 0.1) is 11.3 Å². The number of nitrogens with one attached hydrogen (secondary N) is 3. The maximum absolute atomic E-state index is 11.5. The molecule has 3 atom stereocenters. The first-order valence-corrected chi connectivity index (χ1v) is 13.7. The average molecular weight is 509 g/mol. The van der Waals surface area contributed by atoms with Crippen molar-refractivity contribution in [2.24, 2.45) is 0 Å². The molecule has 2 aliphatic rings. The molecule has 2 fully saturated rings. The van der Waals surface area contributed by atoms with Crippen LogP contribution < -0.4 is 20.9 Å². The maximum Gasteiger partial charge on any atom is 0.221 e. The third-order valence-corrected chi connectivity index (χ3v) is 7.61. The zero-order valence-electron chi connectivity index (χ0n) is 22.0. The first kappa shape index (κ1) is 25.7. The number of piperidine rings is 1. The van der Waals surface area contributed by atoms with E-state index >= 15 is 0 Å². The molecule has 2 heterocycles. The van der Waals surface area contributed by atoms with Crippen molar-refractivity contribution < 1.29 is 4.79 Å². The zero-order chi connectivity index (χ0) is 26.3. The van der Waals surface area contributed by atoms with Crippen molar-refractivity contribution in [3.63, 3.8) is 0 Å². The summed E-state index contributed by atoms with van der Waals surface area (Å²) in [5, 5.41) is 19.7. The van der Waals surface area contributed by atoms with Gasteiger partial charge in [0.2, 0.25) is 5.91 Å². The van der Waals surface area contributed by atoms with Gasteiger partial charge in [0.1, 0.15) is 5.82 Å². The summed E-state index contributed by atoms with van der Waals surface area (Å²) in [7, 11) is 0. The normalized spacial score (nSPS) is 21.4. The molecule has 196 valence electrons. The van der Waals surface area contributed by atoms with Gasteiger partial charge >= 0.3 is 0 Å². The lowest BCUT2D eigenvalue weighted by Crippen LogP contribution is -2.54. The molecule has 3 N–H and O–H groups in total. The molecule has 0 radical (unpaired) electrons. The summed E-state index contributed by atoms with van der Waals surface area (Å²) in [4.78, 5) is 18.5. The SMILES string of the molecule is CC(=O)Nc1cccc(-c2ccnc(N[C@@H]3CCCC[C@H]3N[C@H]3CCCN(c4ccc(C#N)cc4)C3)c2)c1. The number of nitriles is 1. The molecule has 1 amide bonds. The minimum absolute atomic E-state index is 0.0759. The van der Waals surface area contributed by atoms with E-state index in [1.807, 2.05) is 42.6 Å². The largest absolute Gasteiger partial charge is 0.370 e. The predicted molar refractivity (Wildman–Crippen MR) is 153 cm³/mol. The van der Waals surface area contributed by atoms with E-state index in [2.05, 4.69) is 56.2 Å². The topological polar surface area (TPSA) is 93.1 Å². The Labute approximate surface area is 225 Å². The average Bonchev–Trinajstić information content (AvgIpc) is 2.94. The van der Waals surface area contributed by atoms with Crippen LogP contribution in [0.1, 0.15) is 51.0 Å². The number of hydrogen-bond acceptors (Lipinski definition) is 6. The number of carbonyl (C=O) groups is 1. The highest BCUT2D eigenvalue weighted by Gasteiger charge is 2.29. The van der Waals surface area contributed by atoms with Gasteiger partial charge in [0.15, 0.2) is 0 Å². The molecular formula is C31H36N6O. The molecule has 1 aliphatic heterocycles. The molecule has 0 spiro atoms. The molecule has 7 nitrogen and oxygen atoms in total. The lowest BCUT2D eigenvalue weighted by atomic mass is 9.89. The number of amides is 1. The Morgan fingerprint density at radius 2 is 1.76 bits per heavy atom. The second-order valence-corrected chi connectivity index (χ2v) is 10.4. The van der Waals surface area contributed by atoms with Gasteiger partial charge in [-0.15, -0.1) is 0 Å². The van der Waals surface area contributed by atoms with Crippen LogP contribution in [-0.4, -0.2) is 42.1 Å². The van der Waals surface area contributed by atoms with E-state index in [1.54, 1.807) is 0 Å². The standard InChI is InChI=1S/C31H36N6O/c1-22(38)34-26-7-4-6-24(18-26)25-15-16-33-31(19-25)36-30-10-3-2-9-29(30)35-27-8-5-17-37(21-27)28-13-11-23(20-32)12-14-28/h4,6-7,11-16,18-19,27,29-30,35H,2-3,5,8-10,17,21H2,1H3,(H,33,36)(H,34,38)/t27-,29+,30+/m0/s1. The van der Waals surface area contributed by atoms with Gasteiger partial charge in [-0.3, -0.25) is 4.79 Å². The van der Waals surface area contributed by atoms with Crippen molar-refractivity contribution in [2.75, 3.05) is 28.6 Å². The van der Waals surface area contributed by atoms with E-state index in [9.17, 15) is 4.79 Å². The Morgan fingerprint density at radius 3 is 2.55 bits per heavy atom. The van der Waals surface area contributed by atoms with Crippen molar-refractivity contribution in [3.8, 4) is 17.2 Å². The number of aromatic nitrogens is 1. The van der Waals surface area contributed by atoms with Crippen LogP contribution in [0.4, 0.5) is 17.2 Å². The fraction of sp³-hybridized carbons (Fsp3) is 0.387. The van der Waals surface area contributed by atoms with E-state index in [1.165, 1.54) is 31.9 Å². The molecule has 1 aliphatic carbocycles. The summed E-state index contributed by atoms with van der Waals surface area (Å²) in [6.07, 6.45) is 8.92. The lowest BCUT2D eigenvalue weighted by Gasteiger charge is -2.40. The summed E-state index contributed by atoms with van der Waals surface area (Å²) in [5.41, 5.74) is 4.80. The Kier molecular flexibility index (Phi) is 8.20. The Morgan fingerprint density at radius 1 is 0.974 bits per heavy atom. The summed E-state index contributed by atoms with van der Waals surface area (Å²) >= 11 is 0. The van der Waals surface area contributed by atoms with Crippen molar-refractivity contribution in [1.29, 1.82) is 5.26 Å². The summed E-state index contributed by atoms with van der Waals surface area (Å²) < 4.78 is 0. The third kappa shape index (κ3) is 6.51. The number of rotatable bonds is 7. The first-order valence-electron chi connectivity index (χ1n) is 13.7. The van der Waals surface area contributed by atoms with Gasteiger partial charge in [-0.2, -0.15) is 5.26 Å². The van der Waals surface area contributed by atoms with Gasteiger partial charge in [-0.25, -0.2) is 4.98 Å². The van der Waals surface area contributed by atoms with Crippen LogP contribution in [-0.2, 0) is 4.79 Å². The monoisotopic (exact) mass is 508 g/mol. The minimum atomic E-state index is -0.0759. The predicted octanol–water partition coefficient (Wildman–Crippen LogP) is 5.56. The highest BCUT2D eigenvalue weighted by atomic mass is 16.1. The molecular weight excluding hydrogens is 472 g/mol. The van der Waals surface area contributed by atoms with Crippen LogP contribution in [0.5, 0.6) is 0 Å². The molecule has 38 heavy (non-hydrogen) atoms. The van der Waals surface area contributed by atoms with Crippen LogP contribution in [0.3, 0.4) is 0 Å². The molecule has 7 heteroatoms. The molecule has 1 saturated carbocycles. The van der Waals surface area contributed by atoms with Crippen molar-refractivity contribution in [1.82, 2.24) is 10.3 Å². The Bertz CT molecular complexity index is 1280. The van der Waals surface area contributed by atoms with E-state index in [-0.39, 0.29) is 5.91 Å². The zero-order valence-corrected chi connectivity index (χ0v) is 22.0. The molecule has 0 unspecified atom stereocenters. The van der Waals surface area contributed by atoms with Crippen LogP contribution >= 0.6 is 0 Å². The number of anilines is 3. The molecule has 2 aromatic carbocycles. The quantitative estimate of drug-likeness (QED) is 0.387. The summed E-state index contributed by atoms with van der Waals surface area (Å²) in [6, 6.07) is 23.3. The van der Waals surface area contributed by atoms with E-state index in [0.29, 0.717) is 23.7 Å². The second-order valence-electron chi connectivity index (χ2n) is 10.4. The Hall–Kier alpha value is -3.89. The van der Waals surface area contributed by atoms with Crippen LogP contribution in [0.15, 0.2) is 66.9 Å². The van der Waals surface area contributed by atoms with Gasteiger partial charge in [-0.05, 0) is 85.3 Å². The van der Waals surface area contributed by atoms with Gasteiger partial charge in [-0.1, -0.05) is 25.0 Å². The minimum Gasteiger partial charge on any atom is -0.370 e. The smallest absolute Gasteiger partial charge is 0.221 e. The van der Waals surface area contributed by atoms with Crippen LogP contribution in [0.25, 0.3) is 11.1 Å². The fourth-order valence-electron chi connectivity index (χ4n) is 5.76. The summed E-state index contributed by atoms with van der Waals surface area (Å²) in [6.45, 7) is 3.55. The van der Waals surface area contributed by atoms with Gasteiger partial charge in [0.05, 0.1) is 11.6 Å². The fourth-order valence-corrected chi connectivity index (χ4v) is 5.76. The maximum atomic E-state index is 11.5. The van der Waals surface area contributed by atoms with E-state index < -0.39 is 0 Å². The first-order chi connectivity index (χ1) is 18.6. The molecule has 1 saturated heterocycles. The molecule has 0 bridgehead atoms. The second kappa shape index (κ2) is 12.1. The highest BCUT2D eigenvalue weighted by Crippen LogP contribution is 2.28. The van der Waals surface area contributed by atoms with E-state index in [4.69, 9.17) is 5.26 Å². The number of carbonyl (C=O) groups excluding carboxylic acids is 1. The number of benzene rings is 2. The molecule has 1 aromatic heterocycles.